The van der Waals surface area contributed by atoms with Crippen molar-refractivity contribution in [2.24, 2.45) is 0 Å². The maximum Gasteiger partial charge on any atom is 0.335 e. The van der Waals surface area contributed by atoms with E-state index in [0.29, 0.717) is 0 Å². The second-order valence-electron chi connectivity index (χ2n) is 4.60. The Morgan fingerprint density at radius 2 is 1.73 bits per heavy atom. The molecule has 0 bridgehead atoms. The summed E-state index contributed by atoms with van der Waals surface area (Å²) in [6, 6.07) is 4.73. The molecule has 0 aliphatic carbocycles. The number of benzene rings is 1. The van der Waals surface area contributed by atoms with Gasteiger partial charge in [-0.1, -0.05) is 0 Å². The first kappa shape index (κ1) is 16.1. The van der Waals surface area contributed by atoms with Crippen LogP contribution in [0, 0.1) is 10.1 Å². The Labute approximate surface area is 123 Å². The molecule has 1 fully saturated rings. The van der Waals surface area contributed by atoms with Crippen molar-refractivity contribution in [3.63, 3.8) is 0 Å². The molecule has 1 heterocycles. The van der Waals surface area contributed by atoms with Crippen molar-refractivity contribution in [2.45, 2.75) is 30.7 Å². The first-order valence-electron chi connectivity index (χ1n) is 6.15. The van der Waals surface area contributed by atoms with Crippen LogP contribution < -0.4 is 4.74 Å². The van der Waals surface area contributed by atoms with Gasteiger partial charge in [-0.15, -0.1) is 0 Å². The minimum absolute atomic E-state index is 0.0578. The fourth-order valence-electron chi connectivity index (χ4n) is 1.93. The van der Waals surface area contributed by atoms with Crippen molar-refractivity contribution in [1.29, 1.82) is 0 Å². The highest BCUT2D eigenvalue weighted by molar-refractivity contribution is 5.73. The third-order valence-electron chi connectivity index (χ3n) is 3.11. The van der Waals surface area contributed by atoms with Crippen molar-refractivity contribution in [2.75, 3.05) is 0 Å². The third-order valence-corrected chi connectivity index (χ3v) is 3.11. The number of aliphatic hydroxyl groups excluding tert-OH is 3. The highest BCUT2D eigenvalue weighted by Crippen LogP contribution is 2.25. The number of aliphatic hydroxyl groups is 3. The zero-order chi connectivity index (χ0) is 16.4. The first-order valence-corrected chi connectivity index (χ1v) is 6.15. The highest BCUT2D eigenvalue weighted by atomic mass is 16.7. The van der Waals surface area contributed by atoms with E-state index >= 15 is 0 Å². The van der Waals surface area contributed by atoms with Gasteiger partial charge in [0.2, 0.25) is 6.29 Å². The van der Waals surface area contributed by atoms with E-state index in [2.05, 4.69) is 0 Å². The lowest BCUT2D eigenvalue weighted by atomic mass is 9.99. The number of hydrogen-bond donors (Lipinski definition) is 4. The van der Waals surface area contributed by atoms with E-state index < -0.39 is 41.6 Å². The molecule has 1 aliphatic rings. The average Bonchev–Trinajstić information content (AvgIpc) is 2.48. The van der Waals surface area contributed by atoms with Gasteiger partial charge >= 0.3 is 5.97 Å². The second-order valence-corrected chi connectivity index (χ2v) is 4.60. The molecule has 0 saturated carbocycles. The Balaban J connectivity index is 2.13. The Morgan fingerprint density at radius 3 is 2.23 bits per heavy atom. The molecular weight excluding hydrogens is 302 g/mol. The topological polar surface area (TPSA) is 160 Å². The SMILES string of the molecule is O=C(O)C1O[C@@H](Oc2ccc([N+](=O)[O-])cc2)[C@@H](O)C(O)[C@@H]1O. The predicted molar refractivity (Wildman–Crippen MR) is 68.0 cm³/mol. The number of aliphatic carboxylic acids is 1. The van der Waals surface area contributed by atoms with Crippen LogP contribution in [0.2, 0.25) is 0 Å². The standard InChI is InChI=1S/C12H13NO9/c14-7-8(15)10(11(17)18)22-12(9(7)16)21-6-3-1-5(2-4-6)13(19)20/h1-4,7-10,12,14-16H,(H,17,18)/t7?,8-,9-,10?,12+/m0/s1. The zero-order valence-corrected chi connectivity index (χ0v) is 11.0. The molecule has 10 heteroatoms. The van der Waals surface area contributed by atoms with Crippen LogP contribution in [-0.4, -0.2) is 62.0 Å². The maximum absolute atomic E-state index is 10.9. The molecule has 0 aromatic heterocycles. The molecule has 1 aromatic rings. The number of hydrogen-bond acceptors (Lipinski definition) is 8. The van der Waals surface area contributed by atoms with Crippen molar-refractivity contribution in [3.8, 4) is 5.75 Å². The molecule has 5 atom stereocenters. The molecule has 0 spiro atoms. The van der Waals surface area contributed by atoms with Crippen LogP contribution >= 0.6 is 0 Å². The van der Waals surface area contributed by atoms with Gasteiger partial charge in [0.1, 0.15) is 24.1 Å². The smallest absolute Gasteiger partial charge is 0.335 e. The molecule has 120 valence electrons. The van der Waals surface area contributed by atoms with Gasteiger partial charge in [-0.2, -0.15) is 0 Å². The summed E-state index contributed by atoms with van der Waals surface area (Å²) >= 11 is 0. The van der Waals surface area contributed by atoms with Crippen molar-refractivity contribution >= 4 is 11.7 Å². The largest absolute Gasteiger partial charge is 0.479 e. The van der Waals surface area contributed by atoms with E-state index in [9.17, 15) is 30.2 Å². The molecule has 1 aliphatic heterocycles. The average molecular weight is 315 g/mol. The number of nitro groups is 1. The number of carboxylic acids is 1. The van der Waals surface area contributed by atoms with E-state index in [1.165, 1.54) is 12.1 Å². The highest BCUT2D eigenvalue weighted by Gasteiger charge is 2.48. The molecule has 2 rings (SSSR count). The van der Waals surface area contributed by atoms with Crippen LogP contribution in [0.1, 0.15) is 0 Å². The lowest BCUT2D eigenvalue weighted by molar-refractivity contribution is -0.384. The van der Waals surface area contributed by atoms with Crippen LogP contribution in [0.4, 0.5) is 5.69 Å². The maximum atomic E-state index is 10.9. The molecule has 10 nitrogen and oxygen atoms in total. The summed E-state index contributed by atoms with van der Waals surface area (Å²) in [6.45, 7) is 0. The number of nitro benzene ring substituents is 1. The number of carboxylic acid groups (broad SMARTS) is 1. The number of non-ortho nitro benzene ring substituents is 1. The van der Waals surface area contributed by atoms with Crippen LogP contribution in [0.3, 0.4) is 0 Å². The van der Waals surface area contributed by atoms with Gasteiger partial charge in [0.05, 0.1) is 4.92 Å². The van der Waals surface area contributed by atoms with Gasteiger partial charge in [0.25, 0.3) is 5.69 Å². The van der Waals surface area contributed by atoms with E-state index in [4.69, 9.17) is 14.6 Å². The van der Waals surface area contributed by atoms with Gasteiger partial charge in [-0.3, -0.25) is 10.1 Å². The zero-order valence-electron chi connectivity index (χ0n) is 11.0. The number of carbonyl (C=O) groups is 1. The van der Waals surface area contributed by atoms with E-state index in [1.54, 1.807) is 0 Å². The Morgan fingerprint density at radius 1 is 1.14 bits per heavy atom. The monoisotopic (exact) mass is 315 g/mol. The van der Waals surface area contributed by atoms with Crippen LogP contribution in [0.5, 0.6) is 5.75 Å². The first-order chi connectivity index (χ1) is 10.3. The van der Waals surface area contributed by atoms with Crippen LogP contribution in [0.25, 0.3) is 0 Å². The summed E-state index contributed by atoms with van der Waals surface area (Å²) in [7, 11) is 0. The fraction of sp³-hybridized carbons (Fsp3) is 0.417. The normalized spacial score (nSPS) is 31.5. The van der Waals surface area contributed by atoms with E-state index in [0.717, 1.165) is 12.1 Å². The van der Waals surface area contributed by atoms with Crippen LogP contribution in [0.15, 0.2) is 24.3 Å². The summed E-state index contributed by atoms with van der Waals surface area (Å²) < 4.78 is 10.1. The molecule has 2 unspecified atom stereocenters. The van der Waals surface area contributed by atoms with Crippen molar-refractivity contribution < 1.29 is 39.6 Å². The van der Waals surface area contributed by atoms with Crippen molar-refractivity contribution in [1.82, 2.24) is 0 Å². The quantitative estimate of drug-likeness (QED) is 0.398. The summed E-state index contributed by atoms with van der Waals surface area (Å²) in [5.41, 5.74) is -0.184. The number of rotatable bonds is 4. The third kappa shape index (κ3) is 3.14. The predicted octanol–water partition coefficient (Wildman–Crippen LogP) is -1.13. The molecule has 1 saturated heterocycles. The summed E-state index contributed by atoms with van der Waals surface area (Å²) in [6.07, 6.45) is -8.62. The molecule has 0 amide bonds. The minimum atomic E-state index is -1.82. The molecular formula is C12H13NO9. The van der Waals surface area contributed by atoms with Gasteiger partial charge in [-0.25, -0.2) is 4.79 Å². The molecule has 1 aromatic carbocycles. The number of nitrogens with zero attached hydrogens (tertiary/aromatic N) is 1. The summed E-state index contributed by atoms with van der Waals surface area (Å²) in [5.74, 6) is -1.47. The Kier molecular flexibility index (Phi) is 4.56. The van der Waals surface area contributed by atoms with E-state index in [-0.39, 0.29) is 11.4 Å². The lowest BCUT2D eigenvalue weighted by Gasteiger charge is -2.38. The van der Waals surface area contributed by atoms with E-state index in [1.807, 2.05) is 0 Å². The lowest BCUT2D eigenvalue weighted by Crippen LogP contribution is -2.61. The second kappa shape index (κ2) is 6.23. The van der Waals surface area contributed by atoms with Gasteiger partial charge in [0.15, 0.2) is 6.10 Å². The number of ether oxygens (including phenoxy) is 2. The van der Waals surface area contributed by atoms with Crippen LogP contribution in [-0.2, 0) is 9.53 Å². The minimum Gasteiger partial charge on any atom is -0.479 e. The molecule has 22 heavy (non-hydrogen) atoms. The molecule has 4 N–H and O–H groups in total. The van der Waals surface area contributed by atoms with Gasteiger partial charge in [-0.05, 0) is 12.1 Å². The van der Waals surface area contributed by atoms with Crippen molar-refractivity contribution in [3.05, 3.63) is 34.4 Å². The Bertz CT molecular complexity index is 560. The fourth-order valence-corrected chi connectivity index (χ4v) is 1.93. The van der Waals surface area contributed by atoms with Gasteiger partial charge < -0.3 is 29.9 Å². The summed E-state index contributed by atoms with van der Waals surface area (Å²) in [5, 5.41) is 48.3. The summed E-state index contributed by atoms with van der Waals surface area (Å²) in [4.78, 5) is 20.8. The Hall–Kier alpha value is -2.27. The molecule has 0 radical (unpaired) electrons. The van der Waals surface area contributed by atoms with Gasteiger partial charge in [0, 0.05) is 12.1 Å².